The molecule has 84 valence electrons. The van der Waals surface area contributed by atoms with Crippen molar-refractivity contribution in [1.82, 2.24) is 0 Å². The predicted octanol–water partition coefficient (Wildman–Crippen LogP) is 3.33. The molecule has 0 saturated heterocycles. The van der Waals surface area contributed by atoms with Gasteiger partial charge in [-0.3, -0.25) is 0 Å². The molecule has 0 heterocycles. The highest BCUT2D eigenvalue weighted by molar-refractivity contribution is 7.86. The molecular formula is C7H3Cl2F3O2S. The summed E-state index contributed by atoms with van der Waals surface area (Å²) >= 11 is 10.8. The van der Waals surface area contributed by atoms with Crippen molar-refractivity contribution in [3.05, 3.63) is 22.2 Å². The zero-order valence-corrected chi connectivity index (χ0v) is 9.14. The SMILES string of the molecule is O=S(c1cc(Cl)c(O)c(Cl)c1)C(F)(F)F. The van der Waals surface area contributed by atoms with Gasteiger partial charge in [-0.1, -0.05) is 23.2 Å². The van der Waals surface area contributed by atoms with Gasteiger partial charge in [0.1, 0.15) is 0 Å². The van der Waals surface area contributed by atoms with Gasteiger partial charge in [0, 0.05) is 0 Å². The minimum absolute atomic E-state index is 0.380. The molecule has 1 unspecified atom stereocenters. The first-order chi connectivity index (χ1) is 6.73. The summed E-state index contributed by atoms with van der Waals surface area (Å²) in [5.41, 5.74) is -4.89. The minimum atomic E-state index is -4.89. The maximum atomic E-state index is 12.1. The molecule has 2 nitrogen and oxygen atoms in total. The second-order valence-electron chi connectivity index (χ2n) is 2.45. The van der Waals surface area contributed by atoms with Crippen LogP contribution in [-0.4, -0.2) is 14.8 Å². The molecule has 1 aromatic carbocycles. The number of rotatable bonds is 1. The largest absolute Gasteiger partial charge is 0.505 e. The summed E-state index contributed by atoms with van der Waals surface area (Å²) in [5.74, 6) is -0.541. The number of phenolic OH excluding ortho intramolecular Hbond substituents is 1. The van der Waals surface area contributed by atoms with Crippen molar-refractivity contribution in [3.8, 4) is 5.75 Å². The van der Waals surface area contributed by atoms with Crippen LogP contribution in [0.5, 0.6) is 5.75 Å². The third-order valence-electron chi connectivity index (χ3n) is 1.41. The molecule has 0 fully saturated rings. The molecule has 0 spiro atoms. The van der Waals surface area contributed by atoms with Gasteiger partial charge < -0.3 is 5.11 Å². The van der Waals surface area contributed by atoms with E-state index in [1.54, 1.807) is 0 Å². The Labute approximate surface area is 95.1 Å². The molecular weight excluding hydrogens is 276 g/mol. The number of aromatic hydroxyl groups is 1. The molecule has 0 aliphatic rings. The fourth-order valence-corrected chi connectivity index (χ4v) is 2.12. The standard InChI is InChI=1S/C7H3Cl2F3O2S/c8-4-1-3(2-5(9)6(4)13)15(14)7(10,11)12/h1-2,13H. The first-order valence-electron chi connectivity index (χ1n) is 3.40. The zero-order valence-electron chi connectivity index (χ0n) is 6.81. The predicted molar refractivity (Wildman–Crippen MR) is 50.6 cm³/mol. The van der Waals surface area contributed by atoms with Gasteiger partial charge in [-0.2, -0.15) is 13.2 Å². The summed E-state index contributed by atoms with van der Waals surface area (Å²) in [7, 11) is -3.21. The number of benzene rings is 1. The van der Waals surface area contributed by atoms with Crippen molar-refractivity contribution in [1.29, 1.82) is 0 Å². The monoisotopic (exact) mass is 278 g/mol. The summed E-state index contributed by atoms with van der Waals surface area (Å²) in [5, 5.41) is 8.31. The lowest BCUT2D eigenvalue weighted by Gasteiger charge is -2.07. The average Bonchev–Trinajstić information content (AvgIpc) is 2.10. The number of hydrogen-bond donors (Lipinski definition) is 1. The first-order valence-corrected chi connectivity index (χ1v) is 5.30. The van der Waals surface area contributed by atoms with E-state index in [9.17, 15) is 17.4 Å². The molecule has 0 saturated carbocycles. The van der Waals surface area contributed by atoms with Crippen LogP contribution in [-0.2, 0) is 10.8 Å². The minimum Gasteiger partial charge on any atom is -0.505 e. The van der Waals surface area contributed by atoms with E-state index < -0.39 is 27.0 Å². The van der Waals surface area contributed by atoms with Crippen molar-refractivity contribution in [2.45, 2.75) is 10.4 Å². The van der Waals surface area contributed by atoms with Gasteiger partial charge in [0.15, 0.2) is 16.5 Å². The van der Waals surface area contributed by atoms with Crippen LogP contribution < -0.4 is 0 Å². The van der Waals surface area contributed by atoms with Crippen LogP contribution in [0.4, 0.5) is 13.2 Å². The van der Waals surface area contributed by atoms with Gasteiger partial charge in [0.25, 0.3) is 0 Å². The second-order valence-corrected chi connectivity index (χ2v) is 4.74. The van der Waals surface area contributed by atoms with E-state index in [1.165, 1.54) is 0 Å². The van der Waals surface area contributed by atoms with Crippen LogP contribution in [0.15, 0.2) is 17.0 Å². The Bertz CT molecular complexity index is 396. The highest BCUT2D eigenvalue weighted by Crippen LogP contribution is 2.36. The number of hydrogen-bond acceptors (Lipinski definition) is 2. The molecule has 1 N–H and O–H groups in total. The van der Waals surface area contributed by atoms with Crippen LogP contribution in [0.25, 0.3) is 0 Å². The Kier molecular flexibility index (Phi) is 3.52. The van der Waals surface area contributed by atoms with Crippen LogP contribution in [0.2, 0.25) is 10.0 Å². The molecule has 0 aromatic heterocycles. The number of phenols is 1. The molecule has 1 atom stereocenters. The van der Waals surface area contributed by atoms with E-state index in [0.717, 1.165) is 12.1 Å². The topological polar surface area (TPSA) is 37.3 Å². The zero-order chi connectivity index (χ0) is 11.8. The maximum Gasteiger partial charge on any atom is 0.475 e. The van der Waals surface area contributed by atoms with E-state index in [1.807, 2.05) is 0 Å². The Balaban J connectivity index is 3.24. The van der Waals surface area contributed by atoms with Gasteiger partial charge in [0.2, 0.25) is 0 Å². The third-order valence-corrected chi connectivity index (χ3v) is 3.08. The van der Waals surface area contributed by atoms with Crippen molar-refractivity contribution < 1.29 is 22.5 Å². The van der Waals surface area contributed by atoms with Gasteiger partial charge in [-0.05, 0) is 12.1 Å². The lowest BCUT2D eigenvalue weighted by atomic mass is 10.3. The van der Waals surface area contributed by atoms with E-state index in [2.05, 4.69) is 0 Å². The summed E-state index contributed by atoms with van der Waals surface area (Å²) in [4.78, 5) is -0.602. The van der Waals surface area contributed by atoms with E-state index in [0.29, 0.717) is 0 Å². The normalized spacial score (nSPS) is 13.9. The second kappa shape index (κ2) is 4.19. The third kappa shape index (κ3) is 2.76. The Hall–Kier alpha value is -0.460. The highest BCUT2D eigenvalue weighted by Gasteiger charge is 2.38. The van der Waals surface area contributed by atoms with E-state index in [4.69, 9.17) is 28.3 Å². The summed E-state index contributed by atoms with van der Waals surface area (Å²) in [6.45, 7) is 0. The van der Waals surface area contributed by atoms with Gasteiger partial charge >= 0.3 is 5.51 Å². The number of alkyl halides is 3. The first kappa shape index (κ1) is 12.6. The van der Waals surface area contributed by atoms with Crippen molar-refractivity contribution in [2.24, 2.45) is 0 Å². The van der Waals surface area contributed by atoms with Gasteiger partial charge in [0.05, 0.1) is 14.9 Å². The fourth-order valence-electron chi connectivity index (χ4n) is 0.783. The Morgan fingerprint density at radius 1 is 1.20 bits per heavy atom. The smallest absolute Gasteiger partial charge is 0.475 e. The van der Waals surface area contributed by atoms with Crippen LogP contribution in [0, 0.1) is 0 Å². The van der Waals surface area contributed by atoms with Crippen molar-refractivity contribution >= 4 is 34.0 Å². The van der Waals surface area contributed by atoms with Gasteiger partial charge in [-0.25, -0.2) is 4.21 Å². The molecule has 0 aliphatic carbocycles. The molecule has 15 heavy (non-hydrogen) atoms. The summed E-state index contributed by atoms with van der Waals surface area (Å²) in [6, 6.07) is 1.51. The maximum absolute atomic E-state index is 12.1. The van der Waals surface area contributed by atoms with E-state index >= 15 is 0 Å². The Morgan fingerprint density at radius 2 is 1.60 bits per heavy atom. The number of halogens is 5. The molecule has 0 aliphatic heterocycles. The average molecular weight is 279 g/mol. The molecule has 0 amide bonds. The van der Waals surface area contributed by atoms with Crippen LogP contribution in [0.1, 0.15) is 0 Å². The van der Waals surface area contributed by atoms with Gasteiger partial charge in [-0.15, -0.1) is 0 Å². The highest BCUT2D eigenvalue weighted by atomic mass is 35.5. The molecule has 8 heteroatoms. The lowest BCUT2D eigenvalue weighted by molar-refractivity contribution is -0.0384. The Morgan fingerprint density at radius 3 is 1.93 bits per heavy atom. The summed E-state index contributed by atoms with van der Waals surface area (Å²) in [6.07, 6.45) is 0. The summed E-state index contributed by atoms with van der Waals surface area (Å²) < 4.78 is 47.0. The van der Waals surface area contributed by atoms with Crippen molar-refractivity contribution in [2.75, 3.05) is 0 Å². The molecule has 1 aromatic rings. The fraction of sp³-hybridized carbons (Fsp3) is 0.143. The molecule has 0 bridgehead atoms. The molecule has 0 radical (unpaired) electrons. The lowest BCUT2D eigenvalue weighted by Crippen LogP contribution is -2.16. The van der Waals surface area contributed by atoms with E-state index in [-0.39, 0.29) is 10.0 Å². The molecule has 1 rings (SSSR count). The van der Waals surface area contributed by atoms with Crippen LogP contribution >= 0.6 is 23.2 Å². The quantitative estimate of drug-likeness (QED) is 0.856. The van der Waals surface area contributed by atoms with Crippen molar-refractivity contribution in [3.63, 3.8) is 0 Å². The van der Waals surface area contributed by atoms with Crippen LogP contribution in [0.3, 0.4) is 0 Å².